The topological polar surface area (TPSA) is 16.3 Å². The molecule has 0 saturated carbocycles. The zero-order valence-corrected chi connectivity index (χ0v) is 79.4. The minimum Gasteiger partial charge on any atom is -0.311 e. The van der Waals surface area contributed by atoms with Gasteiger partial charge in [0, 0.05) is 72.5 Å². The summed E-state index contributed by atoms with van der Waals surface area (Å²) in [5.74, 6) is 0. The average molecular weight is 1830 g/mol. The van der Waals surface area contributed by atoms with Crippen molar-refractivity contribution in [1.82, 2.24) is 9.13 Å². The molecule has 29 rings (SSSR count). The van der Waals surface area contributed by atoms with Gasteiger partial charge in [-0.2, -0.15) is 0 Å². The maximum Gasteiger partial charge on any atom is 0.0726 e. The molecule has 2 heterocycles. The number of hydrogen-bond donors (Lipinski definition) is 0. The number of rotatable bonds is 15. The number of nitrogens with zero attached hydrogens (tertiary/aromatic N) is 4. The summed E-state index contributed by atoms with van der Waals surface area (Å²) in [5.41, 5.74) is 45.2. The van der Waals surface area contributed by atoms with Gasteiger partial charge in [-0.25, -0.2) is 0 Å². The van der Waals surface area contributed by atoms with Gasteiger partial charge in [-0.3, -0.25) is 0 Å². The molecule has 26 aromatic rings. The normalized spacial score (nSPS) is 12.9. The van der Waals surface area contributed by atoms with Crippen LogP contribution in [0, 0.1) is 0 Å². The van der Waals surface area contributed by atoms with Crippen LogP contribution in [0.3, 0.4) is 0 Å². The van der Waals surface area contributed by atoms with Gasteiger partial charge in [0.15, 0.2) is 0 Å². The van der Waals surface area contributed by atoms with Crippen LogP contribution in [0.2, 0.25) is 0 Å². The lowest BCUT2D eigenvalue weighted by Crippen LogP contribution is -2.26. The van der Waals surface area contributed by atoms with E-state index in [9.17, 15) is 0 Å². The Morgan fingerprint density at radius 2 is 0.389 bits per heavy atom. The predicted molar refractivity (Wildman–Crippen MR) is 606 cm³/mol. The van der Waals surface area contributed by atoms with Gasteiger partial charge in [0.2, 0.25) is 0 Å². The molecular weight excluding hydrogens is 1740 g/mol. The molecule has 0 amide bonds. The minimum absolute atomic E-state index is 0.310. The van der Waals surface area contributed by atoms with Gasteiger partial charge in [-0.1, -0.05) is 396 Å². The van der Waals surface area contributed by atoms with E-state index in [0.29, 0.717) is 0 Å². The Bertz CT molecular complexity index is 9570. The van der Waals surface area contributed by atoms with Crippen molar-refractivity contribution in [2.24, 2.45) is 0 Å². The van der Waals surface area contributed by atoms with Crippen molar-refractivity contribution in [2.75, 3.05) is 9.80 Å². The summed E-state index contributed by atoms with van der Waals surface area (Å²) >= 11 is 0. The fourth-order valence-corrected chi connectivity index (χ4v) is 25.3. The predicted octanol–water partition coefficient (Wildman–Crippen LogP) is 37.8. The first-order chi connectivity index (χ1) is 71.2. The summed E-state index contributed by atoms with van der Waals surface area (Å²) in [5, 5.41) is 14.8. The Balaban J connectivity index is 0.479. The summed E-state index contributed by atoms with van der Waals surface area (Å²) in [4.78, 5) is 4.80. The maximum absolute atomic E-state index is 2.51. The summed E-state index contributed by atoms with van der Waals surface area (Å²) in [7, 11) is 0. The molecule has 4 heteroatoms. The van der Waals surface area contributed by atoms with Crippen molar-refractivity contribution in [2.45, 2.75) is 24.7 Å². The number of benzene rings is 24. The van der Waals surface area contributed by atoms with Crippen LogP contribution in [0.25, 0.3) is 209 Å². The SMILES string of the molecule is CC1(C)c2cc(-c3ccc(N(c4ccc(-c5ccc6c(c5)c5ccccc5n6-c5ccc6c(c5)C5(c7ccccc7-c7ccccc75)c5ccccc5-6)cc4)c4ccc(-c5c6ccccc6c(-c6ccccc6)c6ccccc56)cc4)cc3)ccc2-c2ccc(-n3c4ccccc4c4cc(-c5ccc(N(c6ccccc6)c6ccc(-c7c8ccccc8c(-c8ccccc8)c8ccccc78)cc6)cc5)ccc43)cc21. The highest BCUT2D eigenvalue weighted by atomic mass is 15.1. The van der Waals surface area contributed by atoms with Gasteiger partial charge in [-0.05, 0) is 327 Å². The van der Waals surface area contributed by atoms with Crippen molar-refractivity contribution < 1.29 is 0 Å². The molecule has 144 heavy (non-hydrogen) atoms. The number of fused-ring (bicyclic) bond motifs is 23. The molecule has 3 aliphatic carbocycles. The minimum atomic E-state index is -0.452. The van der Waals surface area contributed by atoms with Crippen molar-refractivity contribution in [3.8, 4) is 123 Å². The van der Waals surface area contributed by atoms with Crippen molar-refractivity contribution in [1.29, 1.82) is 0 Å². The van der Waals surface area contributed by atoms with Crippen LogP contribution < -0.4 is 9.80 Å². The van der Waals surface area contributed by atoms with Crippen LogP contribution in [0.15, 0.2) is 522 Å². The first-order valence-corrected chi connectivity index (χ1v) is 50.2. The van der Waals surface area contributed by atoms with E-state index in [2.05, 4.69) is 554 Å². The molecule has 672 valence electrons. The lowest BCUT2D eigenvalue weighted by Gasteiger charge is -2.30. The van der Waals surface area contributed by atoms with Crippen LogP contribution in [-0.2, 0) is 10.8 Å². The van der Waals surface area contributed by atoms with Crippen molar-refractivity contribution in [3.05, 3.63) is 555 Å². The van der Waals surface area contributed by atoms with Gasteiger partial charge in [0.1, 0.15) is 0 Å². The summed E-state index contributed by atoms with van der Waals surface area (Å²) in [6.45, 7) is 4.83. The standard InChI is InChI=1S/C140H92N4/c1-139(2)128-86-98(64-79-110(128)111-80-77-105(87-129(111)139)143-131-52-28-23-39-113(131)123-84-96(65-82-133(123)143)89-54-67-100(68-55-89)141(99-34-10-5-11-35-99)103-73-60-94(61-74-103)137-119-45-16-12-41-115(119)135(92-30-6-3-7-31-92)116-42-13-17-46-120(116)137)91-58-71-102(72-59-91)142(104-75-62-95(63-76-104)138-121-47-18-14-43-117(121)136(93-32-8-4-9-33-93)118-44-15-19-48-122(118)138)101-69-56-90(57-70-101)97-66-83-134-124(85-97)114-40-24-29-53-132(114)144(134)106-78-81-112-109-38-22-27-51-127(109)140(130(112)88-106)125-49-25-20-36-107(125)108-37-21-26-50-126(108)140/h3-88H,1-2H3. The molecule has 4 nitrogen and oxygen atoms in total. The van der Waals surface area contributed by atoms with Crippen molar-refractivity contribution >= 4 is 121 Å². The second-order valence-corrected chi connectivity index (χ2v) is 39.6. The number of anilines is 6. The van der Waals surface area contributed by atoms with E-state index < -0.39 is 5.41 Å². The molecule has 0 bridgehead atoms. The van der Waals surface area contributed by atoms with E-state index >= 15 is 0 Å². The number of para-hydroxylation sites is 3. The van der Waals surface area contributed by atoms with Gasteiger partial charge in [0.25, 0.3) is 0 Å². The molecule has 0 aliphatic heterocycles. The second kappa shape index (κ2) is 32.6. The zero-order valence-electron chi connectivity index (χ0n) is 79.4. The van der Waals surface area contributed by atoms with E-state index in [0.717, 1.165) is 67.8 Å². The maximum atomic E-state index is 2.51. The smallest absolute Gasteiger partial charge is 0.0726 e. The third-order valence-corrected chi connectivity index (χ3v) is 31.7. The molecule has 0 fully saturated rings. The summed E-state index contributed by atoms with van der Waals surface area (Å²) < 4.78 is 4.98. The Hall–Kier alpha value is -18.5. The van der Waals surface area contributed by atoms with Gasteiger partial charge >= 0.3 is 0 Å². The van der Waals surface area contributed by atoms with E-state index in [1.807, 2.05) is 0 Å². The first-order valence-electron chi connectivity index (χ1n) is 50.2. The highest BCUT2D eigenvalue weighted by Crippen LogP contribution is 2.64. The average Bonchev–Trinajstić information content (AvgIpc) is 1.50. The van der Waals surface area contributed by atoms with E-state index in [1.165, 1.54) is 209 Å². The van der Waals surface area contributed by atoms with Crippen LogP contribution in [0.4, 0.5) is 34.1 Å². The molecule has 0 unspecified atom stereocenters. The Morgan fingerprint density at radius 1 is 0.153 bits per heavy atom. The lowest BCUT2D eigenvalue weighted by atomic mass is 9.70. The van der Waals surface area contributed by atoms with Gasteiger partial charge in [-0.15, -0.1) is 0 Å². The molecule has 0 atom stereocenters. The van der Waals surface area contributed by atoms with E-state index in [4.69, 9.17) is 0 Å². The van der Waals surface area contributed by atoms with Crippen LogP contribution in [-0.4, -0.2) is 9.13 Å². The van der Waals surface area contributed by atoms with Gasteiger partial charge in [0.05, 0.1) is 27.5 Å². The third-order valence-electron chi connectivity index (χ3n) is 31.7. The Kier molecular flexibility index (Phi) is 18.7. The molecule has 0 saturated heterocycles. The molecule has 1 spiro atoms. The zero-order chi connectivity index (χ0) is 95.0. The summed E-state index contributed by atoms with van der Waals surface area (Å²) in [6.07, 6.45) is 0. The highest BCUT2D eigenvalue weighted by molar-refractivity contribution is 6.24. The first kappa shape index (κ1) is 82.6. The molecule has 0 N–H and O–H groups in total. The monoisotopic (exact) mass is 1830 g/mol. The fourth-order valence-electron chi connectivity index (χ4n) is 25.3. The fraction of sp³-hybridized carbons (Fsp3) is 0.0286. The van der Waals surface area contributed by atoms with Crippen LogP contribution in [0.1, 0.15) is 47.2 Å². The highest BCUT2D eigenvalue weighted by Gasteiger charge is 2.52. The Morgan fingerprint density at radius 3 is 0.750 bits per heavy atom. The van der Waals surface area contributed by atoms with Crippen LogP contribution >= 0.6 is 0 Å². The largest absolute Gasteiger partial charge is 0.311 e. The van der Waals surface area contributed by atoms with E-state index in [-0.39, 0.29) is 5.41 Å². The molecule has 2 aromatic heterocycles. The Labute approximate surface area is 836 Å². The number of hydrogen-bond acceptors (Lipinski definition) is 2. The van der Waals surface area contributed by atoms with Crippen molar-refractivity contribution in [3.63, 3.8) is 0 Å². The second-order valence-electron chi connectivity index (χ2n) is 39.6. The molecule has 3 aliphatic rings. The van der Waals surface area contributed by atoms with E-state index in [1.54, 1.807) is 0 Å². The summed E-state index contributed by atoms with van der Waals surface area (Å²) in [6, 6.07) is 195. The molecule has 0 radical (unpaired) electrons. The quantitative estimate of drug-likeness (QED) is 0.0951. The third kappa shape index (κ3) is 12.6. The molecular formula is C140H92N4. The number of aromatic nitrogens is 2. The van der Waals surface area contributed by atoms with Crippen LogP contribution in [0.5, 0.6) is 0 Å². The molecule has 24 aromatic carbocycles. The lowest BCUT2D eigenvalue weighted by molar-refractivity contribution is 0.660. The van der Waals surface area contributed by atoms with Gasteiger partial charge < -0.3 is 18.9 Å².